The summed E-state index contributed by atoms with van der Waals surface area (Å²) in [5.41, 5.74) is 0.232. The van der Waals surface area contributed by atoms with Crippen molar-refractivity contribution in [1.82, 2.24) is 0 Å². The zero-order chi connectivity index (χ0) is 13.7. The van der Waals surface area contributed by atoms with E-state index in [1.165, 1.54) is 20.3 Å². The number of rotatable bonds is 6. The van der Waals surface area contributed by atoms with Crippen molar-refractivity contribution in [2.24, 2.45) is 0 Å². The van der Waals surface area contributed by atoms with E-state index in [-0.39, 0.29) is 35.0 Å². The maximum absolute atomic E-state index is 11.8. The van der Waals surface area contributed by atoms with Crippen LogP contribution >= 0.6 is 11.6 Å². The predicted octanol–water partition coefficient (Wildman–Crippen LogP) is 2.40. The largest absolute Gasteiger partial charge is 0.493 e. The van der Waals surface area contributed by atoms with E-state index in [1.807, 2.05) is 0 Å². The van der Waals surface area contributed by atoms with Crippen LogP contribution in [0, 0.1) is 0 Å². The second-order valence-electron chi connectivity index (χ2n) is 3.48. The first-order chi connectivity index (χ1) is 8.51. The molecule has 0 spiro atoms. The number of benzene rings is 1. The highest BCUT2D eigenvalue weighted by Crippen LogP contribution is 2.37. The zero-order valence-electron chi connectivity index (χ0n) is 10.0. The van der Waals surface area contributed by atoms with Crippen molar-refractivity contribution in [3.8, 4) is 11.5 Å². The fraction of sp³-hybridized carbons (Fsp3) is 0.333. The van der Waals surface area contributed by atoms with Crippen molar-refractivity contribution in [2.75, 3.05) is 14.2 Å². The van der Waals surface area contributed by atoms with Gasteiger partial charge in [0.2, 0.25) is 0 Å². The molecule has 18 heavy (non-hydrogen) atoms. The molecule has 1 aromatic rings. The number of halogens is 1. The van der Waals surface area contributed by atoms with Crippen LogP contribution < -0.4 is 9.47 Å². The number of aliphatic carboxylic acids is 1. The summed E-state index contributed by atoms with van der Waals surface area (Å²) in [4.78, 5) is 22.2. The molecular formula is C12H13ClO5. The molecule has 0 atom stereocenters. The fourth-order valence-corrected chi connectivity index (χ4v) is 1.80. The molecule has 0 aliphatic rings. The van der Waals surface area contributed by atoms with E-state index < -0.39 is 5.97 Å². The molecule has 0 saturated carbocycles. The van der Waals surface area contributed by atoms with Gasteiger partial charge >= 0.3 is 5.97 Å². The lowest BCUT2D eigenvalue weighted by Gasteiger charge is -2.11. The van der Waals surface area contributed by atoms with E-state index in [9.17, 15) is 9.59 Å². The molecule has 0 saturated heterocycles. The van der Waals surface area contributed by atoms with Gasteiger partial charge in [0.15, 0.2) is 17.3 Å². The number of hydrogen-bond donors (Lipinski definition) is 1. The first-order valence-electron chi connectivity index (χ1n) is 5.16. The van der Waals surface area contributed by atoms with Gasteiger partial charge in [-0.3, -0.25) is 9.59 Å². The molecule has 1 aromatic carbocycles. The highest BCUT2D eigenvalue weighted by molar-refractivity contribution is 6.35. The van der Waals surface area contributed by atoms with E-state index in [0.29, 0.717) is 5.75 Å². The summed E-state index contributed by atoms with van der Waals surface area (Å²) in [6.07, 6.45) is -0.339. The molecule has 0 aromatic heterocycles. The Bertz CT molecular complexity index is 470. The average Bonchev–Trinajstić information content (AvgIpc) is 2.35. The van der Waals surface area contributed by atoms with Gasteiger partial charge in [-0.05, 0) is 12.1 Å². The number of hydrogen-bond acceptors (Lipinski definition) is 4. The van der Waals surface area contributed by atoms with Crippen molar-refractivity contribution in [2.45, 2.75) is 12.8 Å². The number of ether oxygens (including phenoxy) is 2. The van der Waals surface area contributed by atoms with Crippen molar-refractivity contribution >= 4 is 23.4 Å². The van der Waals surface area contributed by atoms with Crippen LogP contribution in [0.4, 0.5) is 0 Å². The van der Waals surface area contributed by atoms with Gasteiger partial charge in [-0.1, -0.05) is 11.6 Å². The summed E-state index contributed by atoms with van der Waals surface area (Å²) in [6.45, 7) is 0. The van der Waals surface area contributed by atoms with Crippen molar-refractivity contribution in [1.29, 1.82) is 0 Å². The Morgan fingerprint density at radius 1 is 1.22 bits per heavy atom. The molecule has 5 nitrogen and oxygen atoms in total. The summed E-state index contributed by atoms with van der Waals surface area (Å²) in [5.74, 6) is -0.694. The highest BCUT2D eigenvalue weighted by Gasteiger charge is 2.18. The summed E-state index contributed by atoms with van der Waals surface area (Å²) < 4.78 is 10.1. The van der Waals surface area contributed by atoms with Crippen molar-refractivity contribution < 1.29 is 24.2 Å². The smallest absolute Gasteiger partial charge is 0.303 e. The number of carboxylic acids is 1. The predicted molar refractivity (Wildman–Crippen MR) is 65.8 cm³/mol. The van der Waals surface area contributed by atoms with Crippen molar-refractivity contribution in [3.63, 3.8) is 0 Å². The van der Waals surface area contributed by atoms with Crippen LogP contribution in [0.2, 0.25) is 5.02 Å². The van der Waals surface area contributed by atoms with Gasteiger partial charge in [-0.2, -0.15) is 0 Å². The number of carboxylic acid groups (broad SMARTS) is 1. The number of Topliss-reactive ketones (excluding diaryl/α,β-unsaturated/α-hetero) is 1. The van der Waals surface area contributed by atoms with Gasteiger partial charge < -0.3 is 14.6 Å². The molecule has 0 amide bonds. The Morgan fingerprint density at radius 2 is 1.89 bits per heavy atom. The molecule has 0 fully saturated rings. The Balaban J connectivity index is 3.03. The maximum atomic E-state index is 11.8. The van der Waals surface area contributed by atoms with Crippen LogP contribution in [0.25, 0.3) is 0 Å². The highest BCUT2D eigenvalue weighted by atomic mass is 35.5. The van der Waals surface area contributed by atoms with E-state index in [4.69, 9.17) is 26.2 Å². The molecule has 0 unspecified atom stereocenters. The SMILES string of the molecule is COc1ccc(C(=O)CCC(=O)O)c(Cl)c1OC. The van der Waals surface area contributed by atoms with Crippen LogP contribution in [0.1, 0.15) is 23.2 Å². The molecule has 0 aliphatic heterocycles. The Hall–Kier alpha value is -1.75. The van der Waals surface area contributed by atoms with Gasteiger partial charge in [0.05, 0.1) is 25.7 Å². The minimum absolute atomic E-state index is 0.107. The molecule has 0 heterocycles. The molecule has 98 valence electrons. The summed E-state index contributed by atoms with van der Waals surface area (Å²) in [7, 11) is 2.87. The minimum Gasteiger partial charge on any atom is -0.493 e. The topological polar surface area (TPSA) is 72.8 Å². The Labute approximate surface area is 109 Å². The van der Waals surface area contributed by atoms with Crippen LogP contribution in [0.15, 0.2) is 12.1 Å². The normalized spacial score (nSPS) is 9.94. The fourth-order valence-electron chi connectivity index (χ4n) is 1.46. The first-order valence-corrected chi connectivity index (χ1v) is 5.54. The van der Waals surface area contributed by atoms with Crippen LogP contribution in [0.5, 0.6) is 11.5 Å². The standard InChI is InChI=1S/C12H13ClO5/c1-17-9-5-3-7(11(13)12(9)18-2)8(14)4-6-10(15)16/h3,5H,4,6H2,1-2H3,(H,15,16). The quantitative estimate of drug-likeness (QED) is 0.805. The number of carbonyl (C=O) groups excluding carboxylic acids is 1. The number of methoxy groups -OCH3 is 2. The lowest BCUT2D eigenvalue weighted by molar-refractivity contribution is -0.136. The third kappa shape index (κ3) is 3.13. The molecule has 0 aliphatic carbocycles. The Morgan fingerprint density at radius 3 is 2.39 bits per heavy atom. The molecule has 1 N–H and O–H groups in total. The third-order valence-corrected chi connectivity index (χ3v) is 2.73. The molecule has 0 radical (unpaired) electrons. The van der Waals surface area contributed by atoms with E-state index >= 15 is 0 Å². The van der Waals surface area contributed by atoms with Crippen LogP contribution in [-0.2, 0) is 4.79 Å². The number of carbonyl (C=O) groups is 2. The van der Waals surface area contributed by atoms with Crippen LogP contribution in [-0.4, -0.2) is 31.1 Å². The molecular weight excluding hydrogens is 260 g/mol. The summed E-state index contributed by atoms with van der Waals surface area (Å²) in [5, 5.41) is 8.66. The Kier molecular flexibility index (Phi) is 4.97. The monoisotopic (exact) mass is 272 g/mol. The molecule has 1 rings (SSSR count). The van der Waals surface area contributed by atoms with Crippen LogP contribution in [0.3, 0.4) is 0 Å². The van der Waals surface area contributed by atoms with E-state index in [2.05, 4.69) is 0 Å². The molecule has 0 bridgehead atoms. The lowest BCUT2D eigenvalue weighted by Crippen LogP contribution is -2.05. The van der Waals surface area contributed by atoms with Gasteiger partial charge in [0, 0.05) is 12.0 Å². The van der Waals surface area contributed by atoms with Gasteiger partial charge in [-0.25, -0.2) is 0 Å². The van der Waals surface area contributed by atoms with Gasteiger partial charge in [-0.15, -0.1) is 0 Å². The van der Waals surface area contributed by atoms with Gasteiger partial charge in [0.1, 0.15) is 0 Å². The zero-order valence-corrected chi connectivity index (χ0v) is 10.8. The molecule has 6 heteroatoms. The second kappa shape index (κ2) is 6.26. The first kappa shape index (κ1) is 14.3. The minimum atomic E-state index is -1.03. The number of ketones is 1. The lowest BCUT2D eigenvalue weighted by atomic mass is 10.1. The maximum Gasteiger partial charge on any atom is 0.303 e. The van der Waals surface area contributed by atoms with Crippen molar-refractivity contribution in [3.05, 3.63) is 22.7 Å². The van der Waals surface area contributed by atoms with E-state index in [1.54, 1.807) is 6.07 Å². The summed E-state index contributed by atoms with van der Waals surface area (Å²) >= 11 is 6.03. The van der Waals surface area contributed by atoms with E-state index in [0.717, 1.165) is 0 Å². The summed E-state index contributed by atoms with van der Waals surface area (Å²) in [6, 6.07) is 3.05. The average molecular weight is 273 g/mol. The van der Waals surface area contributed by atoms with Gasteiger partial charge in [0.25, 0.3) is 0 Å². The second-order valence-corrected chi connectivity index (χ2v) is 3.86. The third-order valence-electron chi connectivity index (χ3n) is 2.35.